The van der Waals surface area contributed by atoms with Crippen LogP contribution in [-0.2, 0) is 16.6 Å². The molecule has 0 fully saturated rings. The summed E-state index contributed by atoms with van der Waals surface area (Å²) in [5.74, 6) is 0.328. The second-order valence-corrected chi connectivity index (χ2v) is 7.90. The van der Waals surface area contributed by atoms with Crippen LogP contribution in [0.1, 0.15) is 56.5 Å². The fourth-order valence-corrected chi connectivity index (χ4v) is 3.39. The number of aromatic nitrogens is 1. The minimum Gasteiger partial charge on any atom is -0.338 e. The third-order valence-electron chi connectivity index (χ3n) is 4.80. The van der Waals surface area contributed by atoms with Gasteiger partial charge in [0.15, 0.2) is 0 Å². The van der Waals surface area contributed by atoms with Crippen molar-refractivity contribution in [1.82, 2.24) is 10.1 Å². The van der Waals surface area contributed by atoms with Crippen LogP contribution in [-0.4, -0.2) is 29.6 Å². The zero-order valence-electron chi connectivity index (χ0n) is 15.5. The summed E-state index contributed by atoms with van der Waals surface area (Å²) in [5.41, 5.74) is 3.47. The largest absolute Gasteiger partial charge is 0.338 e. The van der Waals surface area contributed by atoms with E-state index >= 15 is 0 Å². The maximum atomic E-state index is 12.4. The fraction of sp³-hybridized carbons (Fsp3) is 0.500. The maximum Gasteiger partial charge on any atom is 0.240 e. The summed E-state index contributed by atoms with van der Waals surface area (Å²) in [6, 6.07) is 10.6. The van der Waals surface area contributed by atoms with E-state index < -0.39 is 0 Å². The Kier molecular flexibility index (Phi) is 4.95. The zero-order valence-corrected chi connectivity index (χ0v) is 15.5. The molecule has 1 N–H and O–H groups in total. The number of hydrogen-bond donors (Lipinski definition) is 1. The highest BCUT2D eigenvalue weighted by molar-refractivity contribution is 5.91. The van der Waals surface area contributed by atoms with Crippen molar-refractivity contribution in [3.8, 4) is 0 Å². The van der Waals surface area contributed by atoms with E-state index in [1.54, 1.807) is 6.07 Å². The molecule has 5 heteroatoms. The van der Waals surface area contributed by atoms with Crippen LogP contribution in [0, 0.1) is 0 Å². The lowest BCUT2D eigenvalue weighted by atomic mass is 9.87. The molecule has 1 heterocycles. The Labute approximate surface area is 149 Å². The number of rotatable bonds is 4. The van der Waals surface area contributed by atoms with Gasteiger partial charge in [-0.15, -0.1) is 0 Å². The van der Waals surface area contributed by atoms with Crippen LogP contribution in [0.25, 0.3) is 0 Å². The molecule has 1 aliphatic carbocycles. The second kappa shape index (κ2) is 7.00. The normalized spacial score (nSPS) is 17.4. The lowest BCUT2D eigenvalue weighted by Gasteiger charge is -2.32. The second-order valence-electron chi connectivity index (χ2n) is 7.90. The summed E-state index contributed by atoms with van der Waals surface area (Å²) in [6.07, 6.45) is 3.36. The monoisotopic (exact) mass is 341 g/mol. The first kappa shape index (κ1) is 17.7. The van der Waals surface area contributed by atoms with Crippen LogP contribution in [0.5, 0.6) is 0 Å². The molecule has 1 amide bonds. The van der Waals surface area contributed by atoms with Gasteiger partial charge in [-0.2, -0.15) is 0 Å². The molecule has 1 aromatic carbocycles. The summed E-state index contributed by atoms with van der Waals surface area (Å²) in [4.78, 5) is 14.5. The van der Waals surface area contributed by atoms with E-state index in [9.17, 15) is 4.79 Å². The average Bonchev–Trinajstić information content (AvgIpc) is 3.02. The molecule has 0 saturated heterocycles. The van der Waals surface area contributed by atoms with Gasteiger partial charge < -0.3 is 4.52 Å². The van der Waals surface area contributed by atoms with Crippen LogP contribution in [0.15, 0.2) is 34.9 Å². The van der Waals surface area contributed by atoms with Gasteiger partial charge >= 0.3 is 0 Å². The number of likely N-dealkylation sites (N-methyl/N-ethyl adjacent to an activating group) is 1. The van der Waals surface area contributed by atoms with E-state index in [-0.39, 0.29) is 17.4 Å². The van der Waals surface area contributed by atoms with Gasteiger partial charge in [0.2, 0.25) is 11.8 Å². The smallest absolute Gasteiger partial charge is 0.240 e. The lowest BCUT2D eigenvalue weighted by Crippen LogP contribution is -2.34. The summed E-state index contributed by atoms with van der Waals surface area (Å²) >= 11 is 0. The summed E-state index contributed by atoms with van der Waals surface area (Å²) in [7, 11) is 2.01. The molecule has 134 valence electrons. The molecule has 3 rings (SSSR count). The van der Waals surface area contributed by atoms with Crippen molar-refractivity contribution in [3.63, 3.8) is 0 Å². The van der Waals surface area contributed by atoms with E-state index in [2.05, 4.69) is 60.4 Å². The predicted molar refractivity (Wildman–Crippen MR) is 98.6 cm³/mol. The third kappa shape index (κ3) is 4.10. The third-order valence-corrected chi connectivity index (χ3v) is 4.80. The first-order valence-corrected chi connectivity index (χ1v) is 8.89. The van der Waals surface area contributed by atoms with Gasteiger partial charge in [0.25, 0.3) is 0 Å². The van der Waals surface area contributed by atoms with Crippen LogP contribution >= 0.6 is 0 Å². The van der Waals surface area contributed by atoms with Crippen molar-refractivity contribution in [2.45, 2.75) is 51.5 Å². The first-order valence-electron chi connectivity index (χ1n) is 8.89. The standard InChI is InChI=1S/C20H27N3O2/c1-20(2,3)17-12-19(25-22-17)21-18(24)13-23(4)16-11-7-9-14-8-5-6-10-15(14)16/h5-6,8,10,12,16H,7,9,11,13H2,1-4H3,(H,21,24)/t16-/m1/s1. The Morgan fingerprint density at radius 1 is 1.36 bits per heavy atom. The molecule has 0 aliphatic heterocycles. The van der Waals surface area contributed by atoms with Crippen molar-refractivity contribution in [1.29, 1.82) is 0 Å². The topological polar surface area (TPSA) is 58.4 Å². The van der Waals surface area contributed by atoms with Crippen molar-refractivity contribution in [2.75, 3.05) is 18.9 Å². The van der Waals surface area contributed by atoms with Gasteiger partial charge in [-0.3, -0.25) is 15.0 Å². The number of amides is 1. The molecule has 2 aromatic rings. The van der Waals surface area contributed by atoms with Crippen LogP contribution < -0.4 is 5.32 Å². The van der Waals surface area contributed by atoms with Crippen molar-refractivity contribution < 1.29 is 9.32 Å². The highest BCUT2D eigenvalue weighted by atomic mass is 16.5. The Bertz CT molecular complexity index is 745. The molecule has 1 aromatic heterocycles. The van der Waals surface area contributed by atoms with E-state index in [4.69, 9.17) is 4.52 Å². The van der Waals surface area contributed by atoms with Crippen LogP contribution in [0.3, 0.4) is 0 Å². The summed E-state index contributed by atoms with van der Waals surface area (Å²) in [6.45, 7) is 6.50. The molecular weight excluding hydrogens is 314 g/mol. The van der Waals surface area contributed by atoms with Gasteiger partial charge in [-0.05, 0) is 37.4 Å². The molecule has 1 aliphatic rings. The van der Waals surface area contributed by atoms with Gasteiger partial charge in [0, 0.05) is 17.5 Å². The average molecular weight is 341 g/mol. The van der Waals surface area contributed by atoms with Gasteiger partial charge in [-0.1, -0.05) is 50.2 Å². The quantitative estimate of drug-likeness (QED) is 0.916. The molecule has 0 bridgehead atoms. The number of hydrogen-bond acceptors (Lipinski definition) is 4. The SMILES string of the molecule is CN(CC(=O)Nc1cc(C(C)(C)C)no1)[C@@H]1CCCc2ccccc21. The Morgan fingerprint density at radius 3 is 2.84 bits per heavy atom. The lowest BCUT2D eigenvalue weighted by molar-refractivity contribution is -0.117. The van der Waals surface area contributed by atoms with E-state index in [0.29, 0.717) is 12.4 Å². The number of carbonyl (C=O) groups is 1. The number of carbonyl (C=O) groups excluding carboxylic acids is 1. The van der Waals surface area contributed by atoms with Gasteiger partial charge in [-0.25, -0.2) is 0 Å². The van der Waals surface area contributed by atoms with E-state index in [0.717, 1.165) is 25.0 Å². The molecule has 0 unspecified atom stereocenters. The first-order chi connectivity index (χ1) is 11.8. The van der Waals surface area contributed by atoms with Crippen molar-refractivity contribution >= 4 is 11.8 Å². The van der Waals surface area contributed by atoms with Crippen molar-refractivity contribution in [3.05, 3.63) is 47.2 Å². The molecule has 0 radical (unpaired) electrons. The van der Waals surface area contributed by atoms with Gasteiger partial charge in [0.05, 0.1) is 12.2 Å². The number of nitrogens with one attached hydrogen (secondary N) is 1. The molecular formula is C20H27N3O2. The number of nitrogens with zero attached hydrogens (tertiary/aromatic N) is 2. The maximum absolute atomic E-state index is 12.4. The summed E-state index contributed by atoms with van der Waals surface area (Å²) in [5, 5.41) is 6.85. The molecule has 1 atom stereocenters. The fourth-order valence-electron chi connectivity index (χ4n) is 3.39. The van der Waals surface area contributed by atoms with Crippen molar-refractivity contribution in [2.24, 2.45) is 0 Å². The van der Waals surface area contributed by atoms with Crippen LogP contribution in [0.4, 0.5) is 5.88 Å². The zero-order chi connectivity index (χ0) is 18.0. The minimum atomic E-state index is -0.102. The Balaban J connectivity index is 1.63. The predicted octanol–water partition coefficient (Wildman–Crippen LogP) is 3.92. The minimum absolute atomic E-state index is 0.0813. The highest BCUT2D eigenvalue weighted by Crippen LogP contribution is 2.33. The Hall–Kier alpha value is -2.14. The molecule has 5 nitrogen and oxygen atoms in total. The Morgan fingerprint density at radius 2 is 2.12 bits per heavy atom. The van der Waals surface area contributed by atoms with Gasteiger partial charge in [0.1, 0.15) is 0 Å². The molecule has 25 heavy (non-hydrogen) atoms. The summed E-state index contributed by atoms with van der Waals surface area (Å²) < 4.78 is 5.24. The van der Waals surface area contributed by atoms with E-state index in [1.165, 1.54) is 11.1 Å². The van der Waals surface area contributed by atoms with E-state index in [1.807, 2.05) is 7.05 Å². The molecule has 0 spiro atoms. The number of fused-ring (bicyclic) bond motifs is 1. The van der Waals surface area contributed by atoms with Crippen LogP contribution in [0.2, 0.25) is 0 Å². The number of benzene rings is 1. The highest BCUT2D eigenvalue weighted by Gasteiger charge is 2.25. The number of aryl methyl sites for hydroxylation is 1. The molecule has 0 saturated carbocycles. The number of anilines is 1.